The average molecular weight is 224 g/mol. The Kier molecular flexibility index (Phi) is 2.13. The van der Waals surface area contributed by atoms with Crippen molar-refractivity contribution in [3.63, 3.8) is 0 Å². The molecule has 0 aromatic carbocycles. The lowest BCUT2D eigenvalue weighted by atomic mass is 9.97. The summed E-state index contributed by atoms with van der Waals surface area (Å²) in [4.78, 5) is 4.69. The second-order valence-electron chi connectivity index (χ2n) is 4.85. The summed E-state index contributed by atoms with van der Waals surface area (Å²) < 4.78 is 5.36. The molecule has 3 rings (SSSR count). The van der Waals surface area contributed by atoms with E-state index in [1.54, 1.807) is 11.3 Å². The number of nitrogens with zero attached hydrogens (tertiary/aromatic N) is 1. The van der Waals surface area contributed by atoms with Gasteiger partial charge in [-0.1, -0.05) is 6.92 Å². The van der Waals surface area contributed by atoms with Crippen molar-refractivity contribution in [1.29, 1.82) is 0 Å². The smallest absolute Gasteiger partial charge is 0.0962 e. The Morgan fingerprint density at radius 2 is 2.47 bits per heavy atom. The number of aromatic nitrogens is 1. The van der Waals surface area contributed by atoms with Gasteiger partial charge >= 0.3 is 0 Å². The van der Waals surface area contributed by atoms with Gasteiger partial charge in [0, 0.05) is 17.9 Å². The van der Waals surface area contributed by atoms with E-state index in [9.17, 15) is 0 Å². The van der Waals surface area contributed by atoms with Crippen molar-refractivity contribution in [2.24, 2.45) is 11.7 Å². The van der Waals surface area contributed by atoms with Crippen molar-refractivity contribution in [3.05, 3.63) is 16.1 Å². The molecule has 1 saturated carbocycles. The Morgan fingerprint density at radius 1 is 1.67 bits per heavy atom. The van der Waals surface area contributed by atoms with E-state index >= 15 is 0 Å². The van der Waals surface area contributed by atoms with Crippen LogP contribution >= 0.6 is 11.3 Å². The molecular formula is C11H16N2OS. The van der Waals surface area contributed by atoms with Crippen LogP contribution in [0.25, 0.3) is 0 Å². The van der Waals surface area contributed by atoms with Gasteiger partial charge in [-0.05, 0) is 18.8 Å². The van der Waals surface area contributed by atoms with E-state index < -0.39 is 0 Å². The molecule has 82 valence electrons. The third kappa shape index (κ3) is 1.61. The molecule has 1 aliphatic heterocycles. The van der Waals surface area contributed by atoms with Gasteiger partial charge in [0.1, 0.15) is 0 Å². The average Bonchev–Trinajstić information content (AvgIpc) is 2.73. The molecule has 0 spiro atoms. The first-order valence-corrected chi connectivity index (χ1v) is 6.39. The number of ether oxygens (including phenoxy) is 1. The molecule has 3 atom stereocenters. The van der Waals surface area contributed by atoms with Crippen LogP contribution in [0.1, 0.15) is 36.4 Å². The second-order valence-corrected chi connectivity index (χ2v) is 5.74. The Labute approximate surface area is 93.7 Å². The molecule has 4 heteroatoms. The molecule has 0 bridgehead atoms. The Balaban J connectivity index is 1.83. The Morgan fingerprint density at radius 3 is 3.07 bits per heavy atom. The largest absolute Gasteiger partial charge is 0.379 e. The van der Waals surface area contributed by atoms with Crippen molar-refractivity contribution < 1.29 is 4.74 Å². The van der Waals surface area contributed by atoms with Gasteiger partial charge in [0.05, 0.1) is 22.8 Å². The van der Waals surface area contributed by atoms with Gasteiger partial charge in [-0.2, -0.15) is 0 Å². The summed E-state index contributed by atoms with van der Waals surface area (Å²) >= 11 is 1.76. The highest BCUT2D eigenvalue weighted by Crippen LogP contribution is 2.48. The highest BCUT2D eigenvalue weighted by atomic mass is 32.1. The molecule has 1 aromatic rings. The first-order valence-electron chi connectivity index (χ1n) is 5.51. The lowest BCUT2D eigenvalue weighted by Crippen LogP contribution is -2.37. The van der Waals surface area contributed by atoms with Gasteiger partial charge in [0.2, 0.25) is 0 Å². The highest BCUT2D eigenvalue weighted by molar-refractivity contribution is 7.09. The van der Waals surface area contributed by atoms with Crippen molar-refractivity contribution in [1.82, 2.24) is 4.98 Å². The molecule has 3 unspecified atom stereocenters. The molecule has 1 aliphatic carbocycles. The van der Waals surface area contributed by atoms with Crippen LogP contribution in [0, 0.1) is 5.92 Å². The standard InChI is InChI=1S/C11H16N2OS/c1-7-4-8(7)10-13-9(5-15-10)11(12)2-3-14-6-11/h5,7-8H,2-4,6,12H2,1H3. The number of hydrogen-bond donors (Lipinski definition) is 1. The van der Waals surface area contributed by atoms with Gasteiger partial charge in [0.25, 0.3) is 0 Å². The maximum Gasteiger partial charge on any atom is 0.0962 e. The predicted molar refractivity (Wildman–Crippen MR) is 59.9 cm³/mol. The Hall–Kier alpha value is -0.450. The third-order valence-corrected chi connectivity index (χ3v) is 4.49. The molecule has 2 N–H and O–H groups in total. The zero-order valence-corrected chi connectivity index (χ0v) is 9.72. The van der Waals surface area contributed by atoms with Crippen LogP contribution in [0.3, 0.4) is 0 Å². The number of rotatable bonds is 2. The van der Waals surface area contributed by atoms with E-state index in [0.29, 0.717) is 12.5 Å². The quantitative estimate of drug-likeness (QED) is 0.834. The summed E-state index contributed by atoms with van der Waals surface area (Å²) in [5.41, 5.74) is 7.00. The second kappa shape index (κ2) is 3.27. The topological polar surface area (TPSA) is 48.1 Å². The van der Waals surface area contributed by atoms with Gasteiger partial charge in [0.15, 0.2) is 0 Å². The fourth-order valence-electron chi connectivity index (χ4n) is 2.14. The molecule has 2 fully saturated rings. The predicted octanol–water partition coefficient (Wildman–Crippen LogP) is 1.84. The summed E-state index contributed by atoms with van der Waals surface area (Å²) in [6.45, 7) is 3.67. The lowest BCUT2D eigenvalue weighted by Gasteiger charge is -2.18. The number of hydrogen-bond acceptors (Lipinski definition) is 4. The van der Waals surface area contributed by atoms with Crippen molar-refractivity contribution in [2.45, 2.75) is 31.2 Å². The summed E-state index contributed by atoms with van der Waals surface area (Å²) in [5.74, 6) is 1.52. The van der Waals surface area contributed by atoms with Gasteiger partial charge in [-0.25, -0.2) is 4.98 Å². The molecule has 0 radical (unpaired) electrons. The minimum Gasteiger partial charge on any atom is -0.379 e. The molecule has 1 aromatic heterocycles. The fraction of sp³-hybridized carbons (Fsp3) is 0.727. The van der Waals surface area contributed by atoms with Crippen LogP contribution in [0.2, 0.25) is 0 Å². The van der Waals surface area contributed by atoms with Crippen LogP contribution in [-0.2, 0) is 10.3 Å². The normalized spacial score (nSPS) is 39.6. The maximum atomic E-state index is 6.27. The first kappa shape index (κ1) is 9.75. The van der Waals surface area contributed by atoms with Crippen molar-refractivity contribution in [3.8, 4) is 0 Å². The maximum absolute atomic E-state index is 6.27. The summed E-state index contributed by atoms with van der Waals surface area (Å²) in [6.07, 6.45) is 2.19. The van der Waals surface area contributed by atoms with Gasteiger partial charge in [-0.15, -0.1) is 11.3 Å². The van der Waals surface area contributed by atoms with Crippen molar-refractivity contribution >= 4 is 11.3 Å². The van der Waals surface area contributed by atoms with E-state index in [1.807, 2.05) is 0 Å². The monoisotopic (exact) mass is 224 g/mol. The van der Waals surface area contributed by atoms with Crippen LogP contribution in [0.4, 0.5) is 0 Å². The first-order chi connectivity index (χ1) is 7.19. The molecule has 0 amide bonds. The van der Waals surface area contributed by atoms with Gasteiger partial charge in [-0.3, -0.25) is 0 Å². The van der Waals surface area contributed by atoms with Gasteiger partial charge < -0.3 is 10.5 Å². The molecule has 2 heterocycles. The molecular weight excluding hydrogens is 208 g/mol. The van der Waals surface area contributed by atoms with E-state index in [-0.39, 0.29) is 5.54 Å². The zero-order chi connectivity index (χ0) is 10.5. The van der Waals surface area contributed by atoms with E-state index in [2.05, 4.69) is 17.3 Å². The molecule has 2 aliphatic rings. The Bertz CT molecular complexity index is 370. The van der Waals surface area contributed by atoms with Crippen LogP contribution in [-0.4, -0.2) is 18.2 Å². The minimum absolute atomic E-state index is 0.313. The van der Waals surface area contributed by atoms with E-state index in [0.717, 1.165) is 24.6 Å². The van der Waals surface area contributed by atoms with Crippen molar-refractivity contribution in [2.75, 3.05) is 13.2 Å². The SMILES string of the molecule is CC1CC1c1nc(C2(N)CCOC2)cs1. The summed E-state index contributed by atoms with van der Waals surface area (Å²) in [5, 5.41) is 3.39. The van der Waals surface area contributed by atoms with Crippen LogP contribution < -0.4 is 5.73 Å². The van der Waals surface area contributed by atoms with Crippen LogP contribution in [0.5, 0.6) is 0 Å². The third-order valence-electron chi connectivity index (χ3n) is 3.51. The molecule has 1 saturated heterocycles. The zero-order valence-electron chi connectivity index (χ0n) is 8.90. The minimum atomic E-state index is -0.313. The molecule has 15 heavy (non-hydrogen) atoms. The highest BCUT2D eigenvalue weighted by Gasteiger charge is 2.39. The fourth-order valence-corrected chi connectivity index (χ4v) is 3.31. The van der Waals surface area contributed by atoms with E-state index in [4.69, 9.17) is 10.5 Å². The van der Waals surface area contributed by atoms with E-state index in [1.165, 1.54) is 11.4 Å². The lowest BCUT2D eigenvalue weighted by molar-refractivity contribution is 0.177. The number of thiazole rings is 1. The van der Waals surface area contributed by atoms with Crippen LogP contribution in [0.15, 0.2) is 5.38 Å². The number of nitrogens with two attached hydrogens (primary N) is 1. The molecule has 3 nitrogen and oxygen atoms in total. The summed E-state index contributed by atoms with van der Waals surface area (Å²) in [7, 11) is 0. The summed E-state index contributed by atoms with van der Waals surface area (Å²) in [6, 6.07) is 0.